The molecule has 6 heteroatoms. The van der Waals surface area contributed by atoms with Crippen molar-refractivity contribution in [3.8, 4) is 0 Å². The number of nitrogens with zero attached hydrogens (tertiary/aromatic N) is 1. The summed E-state index contributed by atoms with van der Waals surface area (Å²) in [5, 5.41) is 12.3. The first-order valence-corrected chi connectivity index (χ1v) is 9.29. The van der Waals surface area contributed by atoms with E-state index >= 15 is 0 Å². The van der Waals surface area contributed by atoms with Crippen LogP contribution >= 0.6 is 0 Å². The van der Waals surface area contributed by atoms with Crippen LogP contribution < -0.4 is 5.32 Å². The third-order valence-corrected chi connectivity index (χ3v) is 6.34. The van der Waals surface area contributed by atoms with Gasteiger partial charge in [0.15, 0.2) is 0 Å². The maximum Gasteiger partial charge on any atom is 0.311 e. The van der Waals surface area contributed by atoms with Crippen molar-refractivity contribution in [1.82, 2.24) is 10.2 Å². The van der Waals surface area contributed by atoms with Crippen LogP contribution in [0.5, 0.6) is 0 Å². The second-order valence-electron chi connectivity index (χ2n) is 7.79. The molecule has 0 bridgehead atoms. The van der Waals surface area contributed by atoms with Gasteiger partial charge in [0.1, 0.15) is 0 Å². The van der Waals surface area contributed by atoms with Crippen molar-refractivity contribution in [3.05, 3.63) is 0 Å². The minimum atomic E-state index is -0.777. The number of hydrogen-bond donors (Lipinski definition) is 2. The molecule has 0 unspecified atom stereocenters. The molecule has 3 fully saturated rings. The van der Waals surface area contributed by atoms with E-state index in [1.165, 1.54) is 25.7 Å². The molecule has 2 saturated carbocycles. The predicted molar refractivity (Wildman–Crippen MR) is 88.2 cm³/mol. The van der Waals surface area contributed by atoms with E-state index in [1.54, 1.807) is 4.90 Å². The molecule has 6 nitrogen and oxygen atoms in total. The molecular formula is C18H28N2O4. The van der Waals surface area contributed by atoms with Crippen molar-refractivity contribution >= 4 is 17.8 Å². The number of carbonyl (C=O) groups excluding carboxylic acids is 2. The van der Waals surface area contributed by atoms with Gasteiger partial charge in [-0.2, -0.15) is 0 Å². The van der Waals surface area contributed by atoms with Gasteiger partial charge < -0.3 is 15.3 Å². The van der Waals surface area contributed by atoms with E-state index in [2.05, 4.69) is 5.32 Å². The van der Waals surface area contributed by atoms with Gasteiger partial charge >= 0.3 is 5.97 Å². The van der Waals surface area contributed by atoms with Gasteiger partial charge in [-0.1, -0.05) is 32.1 Å². The molecule has 0 radical (unpaired) electrons. The normalized spacial score (nSPS) is 29.7. The lowest BCUT2D eigenvalue weighted by Crippen LogP contribution is -2.41. The molecule has 134 valence electrons. The smallest absolute Gasteiger partial charge is 0.311 e. The van der Waals surface area contributed by atoms with Gasteiger partial charge in [0.25, 0.3) is 0 Å². The summed E-state index contributed by atoms with van der Waals surface area (Å²) in [5.74, 6) is -0.264. The van der Waals surface area contributed by atoms with E-state index < -0.39 is 11.4 Å². The average Bonchev–Trinajstić information content (AvgIpc) is 3.24. The Bertz CT molecular complexity index is 515. The van der Waals surface area contributed by atoms with Crippen molar-refractivity contribution in [2.45, 2.75) is 57.8 Å². The maximum atomic E-state index is 12.3. The number of amides is 2. The first-order valence-electron chi connectivity index (χ1n) is 9.29. The Labute approximate surface area is 143 Å². The fraction of sp³-hybridized carbons (Fsp3) is 0.833. The molecule has 2 aliphatic carbocycles. The second-order valence-corrected chi connectivity index (χ2v) is 7.79. The third kappa shape index (κ3) is 3.42. The van der Waals surface area contributed by atoms with Crippen LogP contribution in [-0.4, -0.2) is 47.4 Å². The minimum Gasteiger partial charge on any atom is -0.481 e. The molecule has 0 spiro atoms. The summed E-state index contributed by atoms with van der Waals surface area (Å²) < 4.78 is 0. The van der Waals surface area contributed by atoms with E-state index in [4.69, 9.17) is 0 Å². The van der Waals surface area contributed by atoms with Crippen LogP contribution in [0, 0.1) is 17.3 Å². The van der Waals surface area contributed by atoms with Crippen LogP contribution in [0.2, 0.25) is 0 Å². The highest BCUT2D eigenvalue weighted by atomic mass is 16.4. The lowest BCUT2D eigenvalue weighted by Gasteiger charge is -2.23. The van der Waals surface area contributed by atoms with Crippen molar-refractivity contribution in [1.29, 1.82) is 0 Å². The highest BCUT2D eigenvalue weighted by Gasteiger charge is 2.55. The number of hydrogen-bond acceptors (Lipinski definition) is 3. The van der Waals surface area contributed by atoms with E-state index in [0.29, 0.717) is 31.8 Å². The van der Waals surface area contributed by atoms with Gasteiger partial charge in [-0.15, -0.1) is 0 Å². The number of rotatable bonds is 6. The Hall–Kier alpha value is -1.59. The van der Waals surface area contributed by atoms with Gasteiger partial charge in [-0.3, -0.25) is 14.4 Å². The highest BCUT2D eigenvalue weighted by Crippen LogP contribution is 2.48. The van der Waals surface area contributed by atoms with Crippen LogP contribution in [0.15, 0.2) is 0 Å². The van der Waals surface area contributed by atoms with Gasteiger partial charge in [-0.05, 0) is 31.1 Å². The van der Waals surface area contributed by atoms with Crippen LogP contribution in [0.1, 0.15) is 57.8 Å². The summed E-state index contributed by atoms with van der Waals surface area (Å²) in [4.78, 5) is 37.5. The molecule has 1 saturated heterocycles. The fourth-order valence-corrected chi connectivity index (χ4v) is 4.84. The number of carbonyl (C=O) groups is 3. The standard InChI is InChI=1S/C18H28N2O4/c21-15(8-7-13-4-1-2-5-13)19-10-16(22)20-11-14-6-3-9-18(14,12-20)17(23)24/h13-14H,1-12H2,(H,19,21)(H,23,24)/t14-,18+/m0/s1. The molecule has 24 heavy (non-hydrogen) atoms. The number of fused-ring (bicyclic) bond motifs is 1. The Kier molecular flexibility index (Phi) is 5.11. The van der Waals surface area contributed by atoms with Gasteiger partial charge in [0, 0.05) is 19.5 Å². The summed E-state index contributed by atoms with van der Waals surface area (Å²) in [7, 11) is 0. The molecular weight excluding hydrogens is 308 g/mol. The van der Waals surface area contributed by atoms with Crippen LogP contribution in [0.25, 0.3) is 0 Å². The van der Waals surface area contributed by atoms with Crippen LogP contribution in [0.3, 0.4) is 0 Å². The topological polar surface area (TPSA) is 86.7 Å². The lowest BCUT2D eigenvalue weighted by molar-refractivity contribution is -0.149. The quantitative estimate of drug-likeness (QED) is 0.774. The van der Waals surface area contributed by atoms with E-state index in [0.717, 1.165) is 19.3 Å². The monoisotopic (exact) mass is 336 g/mol. The van der Waals surface area contributed by atoms with Gasteiger partial charge in [0.05, 0.1) is 12.0 Å². The summed E-state index contributed by atoms with van der Waals surface area (Å²) in [6.07, 6.45) is 8.84. The Morgan fingerprint density at radius 1 is 1.12 bits per heavy atom. The fourth-order valence-electron chi connectivity index (χ4n) is 4.84. The Morgan fingerprint density at radius 3 is 2.54 bits per heavy atom. The predicted octanol–water partition coefficient (Wildman–Crippen LogP) is 1.79. The average molecular weight is 336 g/mol. The van der Waals surface area contributed by atoms with Crippen molar-refractivity contribution in [2.24, 2.45) is 17.3 Å². The van der Waals surface area contributed by atoms with Crippen molar-refractivity contribution < 1.29 is 19.5 Å². The van der Waals surface area contributed by atoms with E-state index in [9.17, 15) is 19.5 Å². The van der Waals surface area contributed by atoms with Crippen LogP contribution in [-0.2, 0) is 14.4 Å². The molecule has 2 atom stereocenters. The molecule has 1 heterocycles. The van der Waals surface area contributed by atoms with Gasteiger partial charge in [0.2, 0.25) is 11.8 Å². The number of nitrogens with one attached hydrogen (secondary N) is 1. The van der Waals surface area contributed by atoms with Gasteiger partial charge in [-0.25, -0.2) is 0 Å². The van der Waals surface area contributed by atoms with Crippen LogP contribution in [0.4, 0.5) is 0 Å². The molecule has 3 aliphatic rings. The molecule has 3 rings (SSSR count). The summed E-state index contributed by atoms with van der Waals surface area (Å²) in [6, 6.07) is 0. The molecule has 2 N–H and O–H groups in total. The lowest BCUT2D eigenvalue weighted by atomic mass is 9.81. The highest BCUT2D eigenvalue weighted by molar-refractivity contribution is 5.86. The zero-order chi connectivity index (χ0) is 17.2. The molecule has 2 amide bonds. The SMILES string of the molecule is O=C(CCC1CCCC1)NCC(=O)N1C[C@@H]2CCC[C@@]2(C(=O)O)C1. The number of carboxylic acid groups (broad SMARTS) is 1. The zero-order valence-corrected chi connectivity index (χ0v) is 14.3. The third-order valence-electron chi connectivity index (χ3n) is 6.34. The second kappa shape index (κ2) is 7.11. The summed E-state index contributed by atoms with van der Waals surface area (Å²) >= 11 is 0. The Morgan fingerprint density at radius 2 is 1.88 bits per heavy atom. The number of likely N-dealkylation sites (tertiary alicyclic amines) is 1. The molecule has 0 aromatic carbocycles. The zero-order valence-electron chi connectivity index (χ0n) is 14.3. The number of carboxylic acids is 1. The molecule has 0 aromatic heterocycles. The van der Waals surface area contributed by atoms with E-state index in [-0.39, 0.29) is 24.3 Å². The Balaban J connectivity index is 1.42. The first-order chi connectivity index (χ1) is 11.5. The summed E-state index contributed by atoms with van der Waals surface area (Å²) in [6.45, 7) is 0.804. The minimum absolute atomic E-state index is 0.00802. The molecule has 1 aliphatic heterocycles. The summed E-state index contributed by atoms with van der Waals surface area (Å²) in [5.41, 5.74) is -0.748. The van der Waals surface area contributed by atoms with Crippen molar-refractivity contribution in [2.75, 3.05) is 19.6 Å². The number of aliphatic carboxylic acids is 1. The van der Waals surface area contributed by atoms with Crippen molar-refractivity contribution in [3.63, 3.8) is 0 Å². The first kappa shape index (κ1) is 17.2. The largest absolute Gasteiger partial charge is 0.481 e. The molecule has 0 aromatic rings. The maximum absolute atomic E-state index is 12.3. The van der Waals surface area contributed by atoms with E-state index in [1.807, 2.05) is 0 Å².